The molecule has 0 amide bonds. The van der Waals surface area contributed by atoms with Gasteiger partial charge in [-0.2, -0.15) is 0 Å². The van der Waals surface area contributed by atoms with E-state index in [4.69, 9.17) is 10.2 Å². The average Bonchev–Trinajstić information content (AvgIpc) is 2.62. The molecule has 1 aromatic heterocycles. The molecule has 0 saturated heterocycles. The van der Waals surface area contributed by atoms with Crippen molar-refractivity contribution >= 4 is 17.7 Å². The molecule has 1 heterocycles. The summed E-state index contributed by atoms with van der Waals surface area (Å²) < 4.78 is 1.39. The van der Waals surface area contributed by atoms with Crippen LogP contribution in [-0.4, -0.2) is 48.2 Å². The summed E-state index contributed by atoms with van der Waals surface area (Å²) in [7, 11) is 0. The normalized spacial score (nSPS) is 12.7. The molecule has 8 heteroatoms. The molecule has 1 atom stereocenters. The molecule has 84 valence electrons. The highest BCUT2D eigenvalue weighted by Crippen LogP contribution is 2.22. The number of hydrogen-bond donors (Lipinski definition) is 2. The maximum Gasteiger partial charge on any atom is 0.317 e. The summed E-state index contributed by atoms with van der Waals surface area (Å²) in [6, 6.07) is 0. The molecule has 0 aromatic carbocycles. The van der Waals surface area contributed by atoms with Crippen LogP contribution in [0.4, 0.5) is 0 Å². The number of thioether (sulfide) groups is 1. The Kier molecular flexibility index (Phi) is 4.50. The number of hydrogen-bond acceptors (Lipinski definition) is 6. The third kappa shape index (κ3) is 3.17. The standard InChI is InChI=1S/C7H12N4O3S/c1-2-5(6(13)14)15-7-8-9-10-11(7)3-4-12/h5,12H,2-4H2,1H3,(H,13,14). The number of aliphatic hydroxyl groups is 1. The topological polar surface area (TPSA) is 101 Å². The summed E-state index contributed by atoms with van der Waals surface area (Å²) in [6.07, 6.45) is 0.492. The third-order valence-electron chi connectivity index (χ3n) is 1.70. The number of carboxylic acids is 1. The van der Waals surface area contributed by atoms with Gasteiger partial charge in [-0.1, -0.05) is 18.7 Å². The van der Waals surface area contributed by atoms with Crippen LogP contribution in [0.5, 0.6) is 0 Å². The first-order valence-corrected chi connectivity index (χ1v) is 5.33. The Morgan fingerprint density at radius 3 is 2.93 bits per heavy atom. The van der Waals surface area contributed by atoms with Crippen LogP contribution in [0.15, 0.2) is 5.16 Å². The molecule has 0 aliphatic rings. The van der Waals surface area contributed by atoms with E-state index >= 15 is 0 Å². The Bertz CT molecular complexity index is 330. The number of aliphatic hydroxyl groups excluding tert-OH is 1. The van der Waals surface area contributed by atoms with Crippen molar-refractivity contribution in [3.63, 3.8) is 0 Å². The average molecular weight is 232 g/mol. The predicted molar refractivity (Wildman–Crippen MR) is 52.5 cm³/mol. The molecule has 0 fully saturated rings. The largest absolute Gasteiger partial charge is 0.480 e. The van der Waals surface area contributed by atoms with Crippen LogP contribution in [0.3, 0.4) is 0 Å². The van der Waals surface area contributed by atoms with Crippen molar-refractivity contribution < 1.29 is 15.0 Å². The zero-order chi connectivity index (χ0) is 11.3. The summed E-state index contributed by atoms with van der Waals surface area (Å²) in [5, 5.41) is 28.2. The monoisotopic (exact) mass is 232 g/mol. The Balaban J connectivity index is 2.69. The fraction of sp³-hybridized carbons (Fsp3) is 0.714. The number of aromatic nitrogens is 4. The van der Waals surface area contributed by atoms with Gasteiger partial charge in [-0.15, -0.1) is 5.10 Å². The van der Waals surface area contributed by atoms with E-state index in [1.165, 1.54) is 4.68 Å². The Morgan fingerprint density at radius 1 is 1.67 bits per heavy atom. The summed E-state index contributed by atoms with van der Waals surface area (Å²) >= 11 is 1.09. The molecule has 1 rings (SSSR count). The van der Waals surface area contributed by atoms with Crippen LogP contribution >= 0.6 is 11.8 Å². The molecule has 0 saturated carbocycles. The molecule has 0 aliphatic heterocycles. The minimum atomic E-state index is -0.888. The van der Waals surface area contributed by atoms with Gasteiger partial charge in [-0.3, -0.25) is 4.79 Å². The highest BCUT2D eigenvalue weighted by molar-refractivity contribution is 8.00. The maximum absolute atomic E-state index is 10.8. The lowest BCUT2D eigenvalue weighted by Gasteiger charge is -2.07. The lowest BCUT2D eigenvalue weighted by atomic mass is 10.3. The first kappa shape index (κ1) is 11.9. The Hall–Kier alpha value is -1.15. The van der Waals surface area contributed by atoms with Crippen LogP contribution in [0.1, 0.15) is 13.3 Å². The minimum absolute atomic E-state index is 0.0809. The second kappa shape index (κ2) is 5.66. The smallest absolute Gasteiger partial charge is 0.317 e. The minimum Gasteiger partial charge on any atom is -0.480 e. The zero-order valence-corrected chi connectivity index (χ0v) is 9.01. The fourth-order valence-electron chi connectivity index (χ4n) is 0.952. The summed E-state index contributed by atoms with van der Waals surface area (Å²) in [4.78, 5) is 10.8. The first-order chi connectivity index (χ1) is 7.19. The maximum atomic E-state index is 10.8. The van der Waals surface area contributed by atoms with Gasteiger partial charge >= 0.3 is 5.97 Å². The summed E-state index contributed by atoms with van der Waals surface area (Å²) in [6.45, 7) is 1.97. The number of carbonyl (C=O) groups is 1. The number of tetrazole rings is 1. The quantitative estimate of drug-likeness (QED) is 0.645. The van der Waals surface area contributed by atoms with Crippen molar-refractivity contribution in [2.75, 3.05) is 6.61 Å². The van der Waals surface area contributed by atoms with Crippen LogP contribution in [-0.2, 0) is 11.3 Å². The van der Waals surface area contributed by atoms with E-state index in [1.807, 2.05) is 0 Å². The molecular formula is C7H12N4O3S. The van der Waals surface area contributed by atoms with Gasteiger partial charge in [-0.05, 0) is 16.8 Å². The number of carboxylic acid groups (broad SMARTS) is 1. The third-order valence-corrected chi connectivity index (χ3v) is 3.03. The van der Waals surface area contributed by atoms with Crippen molar-refractivity contribution in [2.45, 2.75) is 30.3 Å². The summed E-state index contributed by atoms with van der Waals surface area (Å²) in [5.41, 5.74) is 0. The first-order valence-electron chi connectivity index (χ1n) is 4.45. The van der Waals surface area contributed by atoms with Gasteiger partial charge in [0.25, 0.3) is 0 Å². The van der Waals surface area contributed by atoms with Crippen LogP contribution < -0.4 is 0 Å². The Morgan fingerprint density at radius 2 is 2.40 bits per heavy atom. The van der Waals surface area contributed by atoms with Crippen LogP contribution in [0.25, 0.3) is 0 Å². The van der Waals surface area contributed by atoms with E-state index < -0.39 is 11.2 Å². The highest BCUT2D eigenvalue weighted by Gasteiger charge is 2.20. The molecule has 1 aromatic rings. The van der Waals surface area contributed by atoms with Crippen LogP contribution in [0.2, 0.25) is 0 Å². The molecule has 7 nitrogen and oxygen atoms in total. The van der Waals surface area contributed by atoms with E-state index in [0.29, 0.717) is 11.6 Å². The molecule has 1 unspecified atom stereocenters. The SMILES string of the molecule is CCC(Sc1nnnn1CCO)C(=O)O. The second-order valence-electron chi connectivity index (χ2n) is 2.76. The molecular weight excluding hydrogens is 220 g/mol. The van der Waals surface area contributed by atoms with E-state index in [0.717, 1.165) is 11.8 Å². The van der Waals surface area contributed by atoms with E-state index in [9.17, 15) is 4.79 Å². The molecule has 0 bridgehead atoms. The second-order valence-corrected chi connectivity index (χ2v) is 3.93. The van der Waals surface area contributed by atoms with Crippen molar-refractivity contribution in [2.24, 2.45) is 0 Å². The molecule has 0 radical (unpaired) electrons. The zero-order valence-electron chi connectivity index (χ0n) is 8.20. The molecule has 2 N–H and O–H groups in total. The Labute approximate surface area is 90.5 Å². The van der Waals surface area contributed by atoms with E-state index in [2.05, 4.69) is 15.5 Å². The van der Waals surface area contributed by atoms with E-state index in [-0.39, 0.29) is 13.2 Å². The molecule has 0 spiro atoms. The molecule has 0 aliphatic carbocycles. The van der Waals surface area contributed by atoms with Gasteiger partial charge in [0.2, 0.25) is 5.16 Å². The van der Waals surface area contributed by atoms with Crippen molar-refractivity contribution in [1.29, 1.82) is 0 Å². The number of rotatable bonds is 6. The van der Waals surface area contributed by atoms with Gasteiger partial charge in [0.1, 0.15) is 5.25 Å². The van der Waals surface area contributed by atoms with Crippen LogP contribution in [0, 0.1) is 0 Å². The van der Waals surface area contributed by atoms with Gasteiger partial charge in [0.05, 0.1) is 13.2 Å². The highest BCUT2D eigenvalue weighted by atomic mass is 32.2. The lowest BCUT2D eigenvalue weighted by Crippen LogP contribution is -2.16. The summed E-state index contributed by atoms with van der Waals surface area (Å²) in [5.74, 6) is -0.888. The van der Waals surface area contributed by atoms with Crippen molar-refractivity contribution in [3.8, 4) is 0 Å². The number of nitrogens with zero attached hydrogens (tertiary/aromatic N) is 4. The van der Waals surface area contributed by atoms with E-state index in [1.54, 1.807) is 6.92 Å². The number of aliphatic carboxylic acids is 1. The van der Waals surface area contributed by atoms with Crippen molar-refractivity contribution in [1.82, 2.24) is 20.2 Å². The molecule has 15 heavy (non-hydrogen) atoms. The fourth-order valence-corrected chi connectivity index (χ4v) is 1.81. The van der Waals surface area contributed by atoms with Gasteiger partial charge in [0.15, 0.2) is 0 Å². The van der Waals surface area contributed by atoms with Gasteiger partial charge in [0, 0.05) is 0 Å². The predicted octanol–water partition coefficient (Wildman–Crippen LogP) is -0.379. The lowest BCUT2D eigenvalue weighted by molar-refractivity contribution is -0.136. The van der Waals surface area contributed by atoms with Gasteiger partial charge < -0.3 is 10.2 Å². The van der Waals surface area contributed by atoms with Crippen molar-refractivity contribution in [3.05, 3.63) is 0 Å². The van der Waals surface area contributed by atoms with Gasteiger partial charge in [-0.25, -0.2) is 4.68 Å².